The molecule has 0 unspecified atom stereocenters. The Labute approximate surface area is 98.5 Å². The maximum atomic E-state index is 12.1. The SMILES string of the molecule is CCN(CC)C(=O)N(CCCN)CCOC. The third-order valence-electron chi connectivity index (χ3n) is 2.50. The molecule has 5 heteroatoms. The summed E-state index contributed by atoms with van der Waals surface area (Å²) in [6, 6.07) is 0.0792. The zero-order valence-electron chi connectivity index (χ0n) is 10.7. The van der Waals surface area contributed by atoms with Gasteiger partial charge in [0, 0.05) is 33.3 Å². The maximum absolute atomic E-state index is 12.1. The molecular formula is C11H25N3O2. The van der Waals surface area contributed by atoms with Gasteiger partial charge in [-0.15, -0.1) is 0 Å². The van der Waals surface area contributed by atoms with Crippen molar-refractivity contribution < 1.29 is 9.53 Å². The molecule has 0 aromatic rings. The van der Waals surface area contributed by atoms with Gasteiger partial charge in [0.05, 0.1) is 6.61 Å². The number of hydrogen-bond acceptors (Lipinski definition) is 3. The number of carbonyl (C=O) groups is 1. The fraction of sp³-hybridized carbons (Fsp3) is 0.909. The molecule has 0 spiro atoms. The first-order chi connectivity index (χ1) is 7.71. The normalized spacial score (nSPS) is 10.2. The van der Waals surface area contributed by atoms with Crippen LogP contribution in [0.25, 0.3) is 0 Å². The van der Waals surface area contributed by atoms with Crippen LogP contribution in [0.4, 0.5) is 4.79 Å². The standard InChI is InChI=1S/C11H25N3O2/c1-4-13(5-2)11(15)14(8-6-7-12)9-10-16-3/h4-10,12H2,1-3H3. The summed E-state index contributed by atoms with van der Waals surface area (Å²) in [5.74, 6) is 0. The number of urea groups is 1. The Hall–Kier alpha value is -0.810. The monoisotopic (exact) mass is 231 g/mol. The summed E-state index contributed by atoms with van der Waals surface area (Å²) in [5, 5.41) is 0. The number of carbonyl (C=O) groups excluding carboxylic acids is 1. The summed E-state index contributed by atoms with van der Waals surface area (Å²) in [7, 11) is 1.64. The van der Waals surface area contributed by atoms with Gasteiger partial charge in [-0.05, 0) is 26.8 Å². The van der Waals surface area contributed by atoms with Gasteiger partial charge in [0.1, 0.15) is 0 Å². The molecule has 0 saturated carbocycles. The van der Waals surface area contributed by atoms with E-state index in [1.54, 1.807) is 7.11 Å². The molecule has 2 amide bonds. The van der Waals surface area contributed by atoms with Crippen molar-refractivity contribution in [1.29, 1.82) is 0 Å². The van der Waals surface area contributed by atoms with Gasteiger partial charge >= 0.3 is 6.03 Å². The molecule has 0 aliphatic rings. The summed E-state index contributed by atoms with van der Waals surface area (Å²) in [6.45, 7) is 7.95. The Balaban J connectivity index is 4.28. The summed E-state index contributed by atoms with van der Waals surface area (Å²) in [6.07, 6.45) is 0.830. The fourth-order valence-corrected chi connectivity index (χ4v) is 1.48. The topological polar surface area (TPSA) is 58.8 Å². The van der Waals surface area contributed by atoms with Gasteiger partial charge < -0.3 is 20.3 Å². The van der Waals surface area contributed by atoms with Crippen LogP contribution in [0.1, 0.15) is 20.3 Å². The minimum atomic E-state index is 0.0792. The predicted octanol–water partition coefficient (Wildman–Crippen LogP) is 0.745. The predicted molar refractivity (Wildman–Crippen MR) is 65.4 cm³/mol. The van der Waals surface area contributed by atoms with Gasteiger partial charge in [-0.25, -0.2) is 4.79 Å². The number of hydrogen-bond donors (Lipinski definition) is 1. The van der Waals surface area contributed by atoms with Gasteiger partial charge in [-0.2, -0.15) is 0 Å². The largest absolute Gasteiger partial charge is 0.383 e. The van der Waals surface area contributed by atoms with E-state index < -0.39 is 0 Å². The molecule has 0 aromatic heterocycles. The van der Waals surface area contributed by atoms with Crippen LogP contribution in [0.5, 0.6) is 0 Å². The number of nitrogens with two attached hydrogens (primary N) is 1. The second-order valence-electron chi connectivity index (χ2n) is 3.58. The summed E-state index contributed by atoms with van der Waals surface area (Å²) >= 11 is 0. The number of rotatable bonds is 8. The van der Waals surface area contributed by atoms with E-state index >= 15 is 0 Å². The number of nitrogens with zero attached hydrogens (tertiary/aromatic N) is 2. The van der Waals surface area contributed by atoms with Crippen LogP contribution in [-0.4, -0.2) is 62.3 Å². The molecule has 0 radical (unpaired) electrons. The van der Waals surface area contributed by atoms with E-state index in [0.29, 0.717) is 26.2 Å². The fourth-order valence-electron chi connectivity index (χ4n) is 1.48. The van der Waals surface area contributed by atoms with Crippen LogP contribution >= 0.6 is 0 Å². The Morgan fingerprint density at radius 1 is 1.19 bits per heavy atom. The molecule has 0 saturated heterocycles. The first-order valence-electron chi connectivity index (χ1n) is 5.94. The van der Waals surface area contributed by atoms with E-state index in [1.165, 1.54) is 0 Å². The molecule has 0 atom stereocenters. The lowest BCUT2D eigenvalue weighted by molar-refractivity contribution is 0.127. The molecule has 0 aliphatic carbocycles. The average Bonchev–Trinajstić information content (AvgIpc) is 2.30. The number of ether oxygens (including phenoxy) is 1. The van der Waals surface area contributed by atoms with E-state index in [0.717, 1.165) is 19.5 Å². The highest BCUT2D eigenvalue weighted by atomic mass is 16.5. The lowest BCUT2D eigenvalue weighted by atomic mass is 10.3. The van der Waals surface area contributed by atoms with Gasteiger partial charge in [0.25, 0.3) is 0 Å². The zero-order valence-corrected chi connectivity index (χ0v) is 10.7. The third kappa shape index (κ3) is 5.32. The minimum Gasteiger partial charge on any atom is -0.383 e. The smallest absolute Gasteiger partial charge is 0.320 e. The number of methoxy groups -OCH3 is 1. The van der Waals surface area contributed by atoms with E-state index in [1.807, 2.05) is 23.6 Å². The summed E-state index contributed by atoms with van der Waals surface area (Å²) in [5.41, 5.74) is 5.46. The van der Waals surface area contributed by atoms with Crippen LogP contribution < -0.4 is 5.73 Å². The molecule has 96 valence electrons. The minimum absolute atomic E-state index is 0.0792. The molecule has 0 rings (SSSR count). The lowest BCUT2D eigenvalue weighted by Gasteiger charge is -2.29. The number of amides is 2. The van der Waals surface area contributed by atoms with Crippen molar-refractivity contribution in [3.63, 3.8) is 0 Å². The van der Waals surface area contributed by atoms with E-state index in [4.69, 9.17) is 10.5 Å². The molecule has 2 N–H and O–H groups in total. The molecule has 0 aromatic carbocycles. The van der Waals surface area contributed by atoms with Crippen molar-refractivity contribution in [1.82, 2.24) is 9.80 Å². The molecule has 0 aliphatic heterocycles. The Bertz CT molecular complexity index is 176. The summed E-state index contributed by atoms with van der Waals surface area (Å²) < 4.78 is 5.01. The second kappa shape index (κ2) is 9.42. The van der Waals surface area contributed by atoms with Gasteiger partial charge in [0.15, 0.2) is 0 Å². The highest BCUT2D eigenvalue weighted by Gasteiger charge is 2.17. The first-order valence-corrected chi connectivity index (χ1v) is 5.94. The Morgan fingerprint density at radius 3 is 2.25 bits per heavy atom. The molecule has 5 nitrogen and oxygen atoms in total. The van der Waals surface area contributed by atoms with Crippen molar-refractivity contribution in [2.45, 2.75) is 20.3 Å². The lowest BCUT2D eigenvalue weighted by Crippen LogP contribution is -2.45. The summed E-state index contributed by atoms with van der Waals surface area (Å²) in [4.78, 5) is 15.7. The van der Waals surface area contributed by atoms with E-state index in [9.17, 15) is 4.79 Å². The van der Waals surface area contributed by atoms with Crippen LogP contribution in [-0.2, 0) is 4.74 Å². The van der Waals surface area contributed by atoms with Crippen molar-refractivity contribution in [3.05, 3.63) is 0 Å². The maximum Gasteiger partial charge on any atom is 0.320 e. The van der Waals surface area contributed by atoms with Crippen LogP contribution in [0.3, 0.4) is 0 Å². The molecule has 0 bridgehead atoms. The average molecular weight is 231 g/mol. The van der Waals surface area contributed by atoms with Gasteiger partial charge in [0.2, 0.25) is 0 Å². The van der Waals surface area contributed by atoms with Crippen LogP contribution in [0, 0.1) is 0 Å². The third-order valence-corrected chi connectivity index (χ3v) is 2.50. The molecular weight excluding hydrogens is 206 g/mol. The molecule has 0 fully saturated rings. The van der Waals surface area contributed by atoms with Crippen molar-refractivity contribution >= 4 is 6.03 Å². The van der Waals surface area contributed by atoms with Crippen LogP contribution in [0.2, 0.25) is 0 Å². The Kier molecular flexibility index (Phi) is 8.94. The van der Waals surface area contributed by atoms with Crippen LogP contribution in [0.15, 0.2) is 0 Å². The molecule has 0 heterocycles. The van der Waals surface area contributed by atoms with Gasteiger partial charge in [-0.1, -0.05) is 0 Å². The zero-order chi connectivity index (χ0) is 12.4. The van der Waals surface area contributed by atoms with Crippen molar-refractivity contribution in [2.75, 3.05) is 46.4 Å². The van der Waals surface area contributed by atoms with Crippen molar-refractivity contribution in [3.8, 4) is 0 Å². The van der Waals surface area contributed by atoms with Gasteiger partial charge in [-0.3, -0.25) is 0 Å². The van der Waals surface area contributed by atoms with E-state index in [-0.39, 0.29) is 6.03 Å². The molecule has 16 heavy (non-hydrogen) atoms. The highest BCUT2D eigenvalue weighted by molar-refractivity contribution is 5.74. The van der Waals surface area contributed by atoms with E-state index in [2.05, 4.69) is 0 Å². The quantitative estimate of drug-likeness (QED) is 0.670. The Morgan fingerprint density at radius 2 is 1.81 bits per heavy atom. The highest BCUT2D eigenvalue weighted by Crippen LogP contribution is 2.00. The first kappa shape index (κ1) is 15.2. The van der Waals surface area contributed by atoms with Crippen molar-refractivity contribution in [2.24, 2.45) is 5.73 Å². The second-order valence-corrected chi connectivity index (χ2v) is 3.58.